The number of ether oxygens (including phenoxy) is 1. The molecule has 2 rings (SSSR count). The Morgan fingerprint density at radius 3 is 2.74 bits per heavy atom. The van der Waals surface area contributed by atoms with E-state index in [1.807, 2.05) is 12.1 Å². The van der Waals surface area contributed by atoms with Crippen LogP contribution in [-0.4, -0.2) is 17.0 Å². The number of rotatable bonds is 5. The SMILES string of the molecule is CNc1ccc(COc2ccccc2[N+](=O)[O-])cn1. The minimum absolute atomic E-state index is 0.0395. The summed E-state index contributed by atoms with van der Waals surface area (Å²) in [5.41, 5.74) is 0.805. The van der Waals surface area contributed by atoms with Gasteiger partial charge in [-0.3, -0.25) is 10.1 Å². The van der Waals surface area contributed by atoms with Crippen molar-refractivity contribution in [3.05, 3.63) is 58.3 Å². The molecule has 0 unspecified atom stereocenters. The van der Waals surface area contributed by atoms with Crippen LogP contribution in [0.2, 0.25) is 0 Å². The van der Waals surface area contributed by atoms with Gasteiger partial charge in [-0.15, -0.1) is 0 Å². The van der Waals surface area contributed by atoms with Gasteiger partial charge in [0.25, 0.3) is 0 Å². The molecule has 0 aliphatic heterocycles. The molecular formula is C13H13N3O3. The lowest BCUT2D eigenvalue weighted by atomic mass is 10.3. The number of para-hydroxylation sites is 2. The summed E-state index contributed by atoms with van der Waals surface area (Å²) in [5, 5.41) is 13.7. The molecule has 0 radical (unpaired) electrons. The Bertz CT molecular complexity index is 570. The van der Waals surface area contributed by atoms with Gasteiger partial charge < -0.3 is 10.1 Å². The van der Waals surface area contributed by atoms with E-state index in [2.05, 4.69) is 10.3 Å². The molecule has 0 saturated heterocycles. The summed E-state index contributed by atoms with van der Waals surface area (Å²) in [6.07, 6.45) is 1.67. The van der Waals surface area contributed by atoms with Crippen molar-refractivity contribution in [1.82, 2.24) is 4.98 Å². The lowest BCUT2D eigenvalue weighted by Gasteiger charge is -2.07. The average Bonchev–Trinajstić information content (AvgIpc) is 2.46. The maximum absolute atomic E-state index is 10.8. The predicted molar refractivity (Wildman–Crippen MR) is 71.2 cm³/mol. The van der Waals surface area contributed by atoms with Crippen LogP contribution in [0.5, 0.6) is 5.75 Å². The first-order valence-electron chi connectivity index (χ1n) is 5.69. The van der Waals surface area contributed by atoms with Gasteiger partial charge in [-0.25, -0.2) is 4.98 Å². The highest BCUT2D eigenvalue weighted by Crippen LogP contribution is 2.26. The molecule has 6 nitrogen and oxygen atoms in total. The molecule has 0 saturated carbocycles. The highest BCUT2D eigenvalue weighted by atomic mass is 16.6. The minimum atomic E-state index is -0.461. The van der Waals surface area contributed by atoms with Crippen molar-refractivity contribution in [2.75, 3.05) is 12.4 Å². The summed E-state index contributed by atoms with van der Waals surface area (Å²) in [6.45, 7) is 0.238. The van der Waals surface area contributed by atoms with Crippen LogP contribution in [0.15, 0.2) is 42.6 Å². The van der Waals surface area contributed by atoms with Crippen LogP contribution in [0.25, 0.3) is 0 Å². The van der Waals surface area contributed by atoms with Crippen LogP contribution in [-0.2, 0) is 6.61 Å². The van der Waals surface area contributed by atoms with Crippen LogP contribution in [0, 0.1) is 10.1 Å². The number of hydrogen-bond donors (Lipinski definition) is 1. The standard InChI is InChI=1S/C13H13N3O3/c1-14-13-7-6-10(8-15-13)9-19-12-5-3-2-4-11(12)16(17)18/h2-8H,9H2,1H3,(H,14,15). The van der Waals surface area contributed by atoms with Crippen LogP contribution >= 0.6 is 0 Å². The molecule has 0 aliphatic carbocycles. The zero-order valence-electron chi connectivity index (χ0n) is 10.4. The van der Waals surface area contributed by atoms with Gasteiger partial charge in [-0.05, 0) is 12.1 Å². The van der Waals surface area contributed by atoms with Gasteiger partial charge in [-0.1, -0.05) is 18.2 Å². The fourth-order valence-corrected chi connectivity index (χ4v) is 1.55. The van der Waals surface area contributed by atoms with E-state index in [-0.39, 0.29) is 18.0 Å². The molecule has 0 bridgehead atoms. The number of benzene rings is 1. The smallest absolute Gasteiger partial charge is 0.310 e. The van der Waals surface area contributed by atoms with Crippen molar-refractivity contribution in [1.29, 1.82) is 0 Å². The highest BCUT2D eigenvalue weighted by Gasteiger charge is 2.13. The second-order valence-electron chi connectivity index (χ2n) is 3.82. The molecule has 1 aromatic carbocycles. The van der Waals surface area contributed by atoms with Gasteiger partial charge in [0.2, 0.25) is 0 Å². The maximum Gasteiger partial charge on any atom is 0.310 e. The molecule has 1 heterocycles. The first-order valence-corrected chi connectivity index (χ1v) is 5.69. The van der Waals surface area contributed by atoms with Crippen molar-refractivity contribution in [3.63, 3.8) is 0 Å². The average molecular weight is 259 g/mol. The third kappa shape index (κ3) is 3.19. The molecule has 19 heavy (non-hydrogen) atoms. The quantitative estimate of drug-likeness (QED) is 0.659. The summed E-state index contributed by atoms with van der Waals surface area (Å²) in [4.78, 5) is 14.5. The van der Waals surface area contributed by atoms with Crippen molar-refractivity contribution in [2.45, 2.75) is 6.61 Å². The monoisotopic (exact) mass is 259 g/mol. The van der Waals surface area contributed by atoms with E-state index in [9.17, 15) is 10.1 Å². The van der Waals surface area contributed by atoms with Crippen LogP contribution in [0.4, 0.5) is 11.5 Å². The van der Waals surface area contributed by atoms with E-state index in [0.717, 1.165) is 11.4 Å². The Kier molecular flexibility index (Phi) is 3.92. The number of aromatic nitrogens is 1. The number of hydrogen-bond acceptors (Lipinski definition) is 5. The fourth-order valence-electron chi connectivity index (χ4n) is 1.55. The van der Waals surface area contributed by atoms with Gasteiger partial charge in [0, 0.05) is 24.9 Å². The van der Waals surface area contributed by atoms with Crippen molar-refractivity contribution >= 4 is 11.5 Å². The first-order chi connectivity index (χ1) is 9.20. The fraction of sp³-hybridized carbons (Fsp3) is 0.154. The molecular weight excluding hydrogens is 246 g/mol. The van der Waals surface area contributed by atoms with Crippen LogP contribution in [0.1, 0.15) is 5.56 Å². The number of nitrogens with one attached hydrogen (secondary N) is 1. The van der Waals surface area contributed by atoms with Crippen LogP contribution < -0.4 is 10.1 Å². The van der Waals surface area contributed by atoms with Gasteiger partial charge in [-0.2, -0.15) is 0 Å². The summed E-state index contributed by atoms with van der Waals surface area (Å²) in [6, 6.07) is 9.97. The molecule has 2 aromatic rings. The summed E-state index contributed by atoms with van der Waals surface area (Å²) in [5.74, 6) is 1.01. The number of nitrogens with zero attached hydrogens (tertiary/aromatic N) is 2. The van der Waals surface area contributed by atoms with E-state index < -0.39 is 4.92 Å². The van der Waals surface area contributed by atoms with Crippen LogP contribution in [0.3, 0.4) is 0 Å². The van der Waals surface area contributed by atoms with Crippen molar-refractivity contribution < 1.29 is 9.66 Å². The zero-order chi connectivity index (χ0) is 13.7. The Hall–Kier alpha value is -2.63. The topological polar surface area (TPSA) is 77.3 Å². The van der Waals surface area contributed by atoms with E-state index in [0.29, 0.717) is 0 Å². The summed E-state index contributed by atoms with van der Waals surface area (Å²) in [7, 11) is 1.78. The molecule has 0 spiro atoms. The number of nitro benzene ring substituents is 1. The van der Waals surface area contributed by atoms with Gasteiger partial charge in [0.15, 0.2) is 5.75 Å². The minimum Gasteiger partial charge on any atom is -0.482 e. The Balaban J connectivity index is 2.07. The molecule has 0 atom stereocenters. The van der Waals surface area contributed by atoms with Gasteiger partial charge in [0.05, 0.1) is 4.92 Å². The van der Waals surface area contributed by atoms with E-state index >= 15 is 0 Å². The summed E-state index contributed by atoms with van der Waals surface area (Å²) >= 11 is 0. The second kappa shape index (κ2) is 5.81. The molecule has 6 heteroatoms. The van der Waals surface area contributed by atoms with Gasteiger partial charge in [0.1, 0.15) is 12.4 Å². The zero-order valence-corrected chi connectivity index (χ0v) is 10.4. The van der Waals surface area contributed by atoms with Crippen molar-refractivity contribution in [3.8, 4) is 5.75 Å². The Morgan fingerprint density at radius 2 is 2.11 bits per heavy atom. The first kappa shape index (κ1) is 12.8. The molecule has 1 N–H and O–H groups in total. The van der Waals surface area contributed by atoms with Crippen molar-refractivity contribution in [2.24, 2.45) is 0 Å². The summed E-state index contributed by atoms with van der Waals surface area (Å²) < 4.78 is 5.46. The number of pyridine rings is 1. The lowest BCUT2D eigenvalue weighted by Crippen LogP contribution is -2.00. The normalized spacial score (nSPS) is 9.95. The second-order valence-corrected chi connectivity index (χ2v) is 3.82. The molecule has 98 valence electrons. The highest BCUT2D eigenvalue weighted by molar-refractivity contribution is 5.45. The third-order valence-corrected chi connectivity index (χ3v) is 2.54. The predicted octanol–water partition coefficient (Wildman–Crippen LogP) is 2.61. The van der Waals surface area contributed by atoms with E-state index in [1.54, 1.807) is 31.4 Å². The molecule has 0 aliphatic rings. The molecule has 0 amide bonds. The third-order valence-electron chi connectivity index (χ3n) is 2.54. The van der Waals surface area contributed by atoms with E-state index in [4.69, 9.17) is 4.74 Å². The van der Waals surface area contributed by atoms with E-state index in [1.165, 1.54) is 6.07 Å². The largest absolute Gasteiger partial charge is 0.482 e. The Morgan fingerprint density at radius 1 is 1.32 bits per heavy atom. The number of anilines is 1. The maximum atomic E-state index is 10.8. The Labute approximate surface area is 110 Å². The lowest BCUT2D eigenvalue weighted by molar-refractivity contribution is -0.385. The molecule has 0 fully saturated rings. The van der Waals surface area contributed by atoms with Gasteiger partial charge >= 0.3 is 5.69 Å². The molecule has 1 aromatic heterocycles. The number of nitro groups is 1.